The van der Waals surface area contributed by atoms with Gasteiger partial charge in [0.25, 0.3) is 0 Å². The van der Waals surface area contributed by atoms with Gasteiger partial charge in [-0.1, -0.05) is 6.07 Å². The van der Waals surface area contributed by atoms with E-state index in [2.05, 4.69) is 63.1 Å². The fourth-order valence-electron chi connectivity index (χ4n) is 4.63. The van der Waals surface area contributed by atoms with E-state index in [1.54, 1.807) is 30.6 Å². The topological polar surface area (TPSA) is 100.0 Å². The average molecular weight is 420 g/mol. The van der Waals surface area contributed by atoms with Gasteiger partial charge in [0.2, 0.25) is 5.95 Å². The summed E-state index contributed by atoms with van der Waals surface area (Å²) in [6, 6.07) is 7.46. The maximum Gasteiger partial charge on any atom is 0.245 e. The average Bonchev–Trinajstić information content (AvgIpc) is 2.72. The Hall–Kier alpha value is -3.13. The Morgan fingerprint density at radius 2 is 1.74 bits per heavy atom. The van der Waals surface area contributed by atoms with Crippen LogP contribution >= 0.6 is 0 Å². The maximum atomic E-state index is 10.5. The molecule has 2 N–H and O–H groups in total. The van der Waals surface area contributed by atoms with E-state index >= 15 is 0 Å². The van der Waals surface area contributed by atoms with Gasteiger partial charge in [-0.05, 0) is 58.7 Å². The fourth-order valence-corrected chi connectivity index (χ4v) is 4.63. The van der Waals surface area contributed by atoms with Crippen molar-refractivity contribution in [2.24, 2.45) is 0 Å². The van der Waals surface area contributed by atoms with Crippen LogP contribution in [-0.4, -0.2) is 54.4 Å². The van der Waals surface area contributed by atoms with Crippen LogP contribution in [0.5, 0.6) is 5.75 Å². The highest BCUT2D eigenvalue weighted by Gasteiger charge is 2.39. The summed E-state index contributed by atoms with van der Waals surface area (Å²) in [6.07, 6.45) is 6.79. The molecule has 4 rings (SSSR count). The van der Waals surface area contributed by atoms with Crippen LogP contribution in [0.25, 0.3) is 22.5 Å². The van der Waals surface area contributed by atoms with Crippen LogP contribution in [0.15, 0.2) is 43.0 Å². The highest BCUT2D eigenvalue weighted by molar-refractivity contribution is 5.72. The zero-order valence-corrected chi connectivity index (χ0v) is 18.7. The Labute approximate surface area is 182 Å². The Morgan fingerprint density at radius 1 is 1.00 bits per heavy atom. The van der Waals surface area contributed by atoms with Crippen LogP contribution in [0.1, 0.15) is 40.5 Å². The molecule has 0 bridgehead atoms. The Morgan fingerprint density at radius 3 is 2.32 bits per heavy atom. The highest BCUT2D eigenvalue weighted by atomic mass is 16.3. The van der Waals surface area contributed by atoms with Gasteiger partial charge in [-0.25, -0.2) is 15.0 Å². The number of aromatic hydroxyl groups is 1. The molecule has 0 atom stereocenters. The predicted molar refractivity (Wildman–Crippen MR) is 121 cm³/mol. The lowest BCUT2D eigenvalue weighted by molar-refractivity contribution is 0.160. The van der Waals surface area contributed by atoms with Gasteiger partial charge in [-0.2, -0.15) is 0 Å². The number of nitrogens with zero attached hydrogens (tertiary/aromatic N) is 6. The third-order valence-corrected chi connectivity index (χ3v) is 5.73. The highest BCUT2D eigenvalue weighted by Crippen LogP contribution is 2.33. The molecule has 2 aromatic heterocycles. The van der Waals surface area contributed by atoms with E-state index in [-0.39, 0.29) is 16.8 Å². The van der Waals surface area contributed by atoms with Gasteiger partial charge >= 0.3 is 0 Å². The van der Waals surface area contributed by atoms with E-state index in [1.807, 2.05) is 13.1 Å². The van der Waals surface area contributed by atoms with Gasteiger partial charge in [0.15, 0.2) is 0 Å². The third-order valence-electron chi connectivity index (χ3n) is 5.73. The quantitative estimate of drug-likeness (QED) is 0.663. The molecule has 0 aliphatic carbocycles. The Kier molecular flexibility index (Phi) is 5.35. The first-order chi connectivity index (χ1) is 14.6. The van der Waals surface area contributed by atoms with Crippen molar-refractivity contribution in [1.29, 1.82) is 0 Å². The molecule has 0 radical (unpaired) electrons. The zero-order valence-electron chi connectivity index (χ0n) is 18.7. The number of hydrogen-bond donors (Lipinski definition) is 2. The minimum absolute atomic E-state index is 0.0330. The number of aromatic nitrogens is 5. The first kappa shape index (κ1) is 21.1. The van der Waals surface area contributed by atoms with E-state index in [4.69, 9.17) is 0 Å². The van der Waals surface area contributed by atoms with E-state index in [0.29, 0.717) is 23.2 Å². The molecule has 0 spiro atoms. The number of benzene rings is 1. The molecule has 8 nitrogen and oxygen atoms in total. The second-order valence-corrected chi connectivity index (χ2v) is 9.54. The number of anilines is 1. The molecule has 1 aliphatic rings. The standard InChI is InChI=1S/C23H29N7O/c1-22(2)11-16(12-23(3,4)29-22)30(5)21-25-13-19(27-28-21)17-7-6-15(10-20(17)31)18-8-9-24-14-26-18/h6-10,13-14,16,29,31H,11-12H2,1-5H3. The lowest BCUT2D eigenvalue weighted by Crippen LogP contribution is -2.62. The number of rotatable bonds is 4. The van der Waals surface area contributed by atoms with Crippen LogP contribution in [-0.2, 0) is 0 Å². The van der Waals surface area contributed by atoms with Crippen LogP contribution in [0.2, 0.25) is 0 Å². The SMILES string of the molecule is CN(c1ncc(-c2ccc(-c3ccncn3)cc2O)nn1)C1CC(C)(C)NC(C)(C)C1. The summed E-state index contributed by atoms with van der Waals surface area (Å²) in [5.41, 5.74) is 2.71. The molecule has 0 unspecified atom stereocenters. The number of hydrogen-bond acceptors (Lipinski definition) is 8. The second kappa shape index (κ2) is 7.85. The monoisotopic (exact) mass is 419 g/mol. The Balaban J connectivity index is 1.54. The first-order valence-corrected chi connectivity index (χ1v) is 10.5. The van der Waals surface area contributed by atoms with Crippen LogP contribution in [0, 0.1) is 0 Å². The normalized spacial score (nSPS) is 18.0. The molecule has 0 amide bonds. The van der Waals surface area contributed by atoms with Gasteiger partial charge in [0.05, 0.1) is 11.9 Å². The molecule has 1 fully saturated rings. The number of nitrogens with one attached hydrogen (secondary N) is 1. The van der Waals surface area contributed by atoms with E-state index in [0.717, 1.165) is 24.1 Å². The molecular formula is C23H29N7O. The van der Waals surface area contributed by atoms with Crippen LogP contribution in [0.4, 0.5) is 5.95 Å². The largest absolute Gasteiger partial charge is 0.507 e. The molecule has 8 heteroatoms. The lowest BCUT2D eigenvalue weighted by atomic mass is 9.79. The number of phenols is 1. The first-order valence-electron chi connectivity index (χ1n) is 10.5. The molecule has 31 heavy (non-hydrogen) atoms. The van der Waals surface area contributed by atoms with Crippen molar-refractivity contribution in [1.82, 2.24) is 30.5 Å². The molecule has 3 heterocycles. The summed E-state index contributed by atoms with van der Waals surface area (Å²) in [4.78, 5) is 14.8. The van der Waals surface area contributed by atoms with Gasteiger partial charge in [-0.3, -0.25) is 0 Å². The summed E-state index contributed by atoms with van der Waals surface area (Å²) >= 11 is 0. The van der Waals surface area contributed by atoms with Crippen molar-refractivity contribution in [3.05, 3.63) is 43.0 Å². The zero-order chi connectivity index (χ0) is 22.2. The van der Waals surface area contributed by atoms with Crippen molar-refractivity contribution in [3.63, 3.8) is 0 Å². The minimum Gasteiger partial charge on any atom is -0.507 e. The van der Waals surface area contributed by atoms with Gasteiger partial charge < -0.3 is 15.3 Å². The summed E-state index contributed by atoms with van der Waals surface area (Å²) in [7, 11) is 2.02. The summed E-state index contributed by atoms with van der Waals surface area (Å²) in [5.74, 6) is 0.689. The number of piperidine rings is 1. The molecule has 0 saturated carbocycles. The smallest absolute Gasteiger partial charge is 0.245 e. The molecule has 162 valence electrons. The summed E-state index contributed by atoms with van der Waals surface area (Å²) in [5, 5.41) is 23.0. The molecule has 1 aliphatic heterocycles. The van der Waals surface area contributed by atoms with Crippen molar-refractivity contribution in [3.8, 4) is 28.3 Å². The second-order valence-electron chi connectivity index (χ2n) is 9.54. The summed E-state index contributed by atoms with van der Waals surface area (Å²) in [6.45, 7) is 8.91. The van der Waals surface area contributed by atoms with Gasteiger partial charge in [0.1, 0.15) is 17.8 Å². The predicted octanol–water partition coefficient (Wildman–Crippen LogP) is 3.45. The van der Waals surface area contributed by atoms with E-state index < -0.39 is 0 Å². The van der Waals surface area contributed by atoms with Crippen LogP contribution in [0.3, 0.4) is 0 Å². The lowest BCUT2D eigenvalue weighted by Gasteiger charge is -2.48. The minimum atomic E-state index is 0.0330. The fraction of sp³-hybridized carbons (Fsp3) is 0.435. The Bertz CT molecular complexity index is 1040. The van der Waals surface area contributed by atoms with Crippen molar-refractivity contribution < 1.29 is 5.11 Å². The van der Waals surface area contributed by atoms with Crippen LogP contribution < -0.4 is 10.2 Å². The van der Waals surface area contributed by atoms with Crippen molar-refractivity contribution in [2.75, 3.05) is 11.9 Å². The molecule has 1 saturated heterocycles. The van der Waals surface area contributed by atoms with Crippen molar-refractivity contribution in [2.45, 2.75) is 57.7 Å². The van der Waals surface area contributed by atoms with Gasteiger partial charge in [0, 0.05) is 41.5 Å². The molecule has 1 aromatic carbocycles. The molecule has 3 aromatic rings. The van der Waals surface area contributed by atoms with E-state index in [9.17, 15) is 5.11 Å². The maximum absolute atomic E-state index is 10.5. The van der Waals surface area contributed by atoms with Crippen molar-refractivity contribution >= 4 is 5.95 Å². The molecular weight excluding hydrogens is 390 g/mol. The van der Waals surface area contributed by atoms with Gasteiger partial charge in [-0.15, -0.1) is 10.2 Å². The third kappa shape index (κ3) is 4.64. The number of phenolic OH excluding ortho intramolecular Hbond substituents is 1. The van der Waals surface area contributed by atoms with E-state index in [1.165, 1.54) is 6.33 Å². The summed E-state index contributed by atoms with van der Waals surface area (Å²) < 4.78 is 0.